The largest absolute Gasteiger partial charge is 0.487 e. The Kier molecular flexibility index (Phi) is 5.59. The van der Waals surface area contributed by atoms with Crippen LogP contribution in [0.5, 0.6) is 5.75 Å². The third-order valence-electron chi connectivity index (χ3n) is 3.05. The minimum Gasteiger partial charge on any atom is -0.487 e. The van der Waals surface area contributed by atoms with E-state index in [4.69, 9.17) is 4.74 Å². The first-order valence-corrected chi connectivity index (χ1v) is 8.14. The number of hydrogen-bond donors (Lipinski definition) is 1. The first-order chi connectivity index (χ1) is 11.0. The molecule has 0 heterocycles. The fourth-order valence-electron chi connectivity index (χ4n) is 1.98. The maximum Gasteiger partial charge on any atom is 0.311 e. The van der Waals surface area contributed by atoms with Gasteiger partial charge in [0.25, 0.3) is 5.91 Å². The summed E-state index contributed by atoms with van der Waals surface area (Å²) in [6.07, 6.45) is 1.94. The van der Waals surface area contributed by atoms with Gasteiger partial charge in [0.15, 0.2) is 5.75 Å². The quantitative estimate of drug-likeness (QED) is 0.492. The topological polar surface area (TPSA) is 81.5 Å². The second kappa shape index (κ2) is 7.64. The first-order valence-electron chi connectivity index (χ1n) is 6.91. The number of anilines is 1. The number of nitro groups is 1. The average molecular weight is 332 g/mol. The summed E-state index contributed by atoms with van der Waals surface area (Å²) in [5, 5.41) is 13.8. The van der Waals surface area contributed by atoms with Crippen molar-refractivity contribution < 1.29 is 14.5 Å². The zero-order valence-electron chi connectivity index (χ0n) is 12.7. The Balaban J connectivity index is 2.25. The van der Waals surface area contributed by atoms with E-state index < -0.39 is 10.8 Å². The number of nitrogens with zero attached hydrogens (tertiary/aromatic N) is 1. The molecule has 0 fully saturated rings. The number of thioether (sulfide) groups is 1. The Hall–Kier alpha value is -2.54. The van der Waals surface area contributed by atoms with Crippen molar-refractivity contribution in [3.8, 4) is 5.75 Å². The molecule has 0 atom stereocenters. The van der Waals surface area contributed by atoms with Crippen LogP contribution in [0.15, 0.2) is 47.4 Å². The molecule has 23 heavy (non-hydrogen) atoms. The summed E-state index contributed by atoms with van der Waals surface area (Å²) in [5.41, 5.74) is 0.616. The highest BCUT2D eigenvalue weighted by Crippen LogP contribution is 2.28. The van der Waals surface area contributed by atoms with Crippen molar-refractivity contribution in [2.45, 2.75) is 11.8 Å². The van der Waals surface area contributed by atoms with Gasteiger partial charge >= 0.3 is 5.69 Å². The Labute approximate surface area is 138 Å². The molecule has 0 spiro atoms. The van der Waals surface area contributed by atoms with Crippen LogP contribution in [0.3, 0.4) is 0 Å². The van der Waals surface area contributed by atoms with Crippen molar-refractivity contribution in [2.24, 2.45) is 0 Å². The predicted molar refractivity (Wildman–Crippen MR) is 90.4 cm³/mol. The molecule has 1 N–H and O–H groups in total. The van der Waals surface area contributed by atoms with Crippen molar-refractivity contribution in [1.29, 1.82) is 0 Å². The van der Waals surface area contributed by atoms with E-state index in [9.17, 15) is 14.9 Å². The zero-order valence-corrected chi connectivity index (χ0v) is 13.6. The van der Waals surface area contributed by atoms with Crippen LogP contribution in [-0.2, 0) is 0 Å². The average Bonchev–Trinajstić information content (AvgIpc) is 2.55. The van der Waals surface area contributed by atoms with Gasteiger partial charge < -0.3 is 10.1 Å². The van der Waals surface area contributed by atoms with Crippen LogP contribution in [0.1, 0.15) is 17.3 Å². The molecule has 2 aromatic rings. The molecule has 0 aliphatic carbocycles. The fourth-order valence-corrected chi connectivity index (χ4v) is 2.44. The smallest absolute Gasteiger partial charge is 0.311 e. The van der Waals surface area contributed by atoms with Gasteiger partial charge in [-0.15, -0.1) is 11.8 Å². The van der Waals surface area contributed by atoms with Gasteiger partial charge in [-0.1, -0.05) is 6.07 Å². The van der Waals surface area contributed by atoms with Gasteiger partial charge in [-0.25, -0.2) is 0 Å². The molecule has 6 nitrogen and oxygen atoms in total. The molecule has 7 heteroatoms. The summed E-state index contributed by atoms with van der Waals surface area (Å²) >= 11 is 1.56. The van der Waals surface area contributed by atoms with Crippen LogP contribution in [-0.4, -0.2) is 23.7 Å². The summed E-state index contributed by atoms with van der Waals surface area (Å²) in [5.74, 6) is -0.257. The third kappa shape index (κ3) is 4.23. The summed E-state index contributed by atoms with van der Waals surface area (Å²) in [4.78, 5) is 23.8. The maximum absolute atomic E-state index is 12.3. The SMILES string of the molecule is CCOc1ccc(C(=O)Nc2cccc(SC)c2)cc1[N+](=O)[O-]. The molecule has 0 radical (unpaired) electrons. The van der Waals surface area contributed by atoms with Crippen LogP contribution < -0.4 is 10.1 Å². The number of ether oxygens (including phenoxy) is 1. The van der Waals surface area contributed by atoms with Gasteiger partial charge in [0.2, 0.25) is 0 Å². The van der Waals surface area contributed by atoms with E-state index >= 15 is 0 Å². The fraction of sp³-hybridized carbons (Fsp3) is 0.188. The molecule has 2 rings (SSSR count). The van der Waals surface area contributed by atoms with Crippen molar-refractivity contribution in [1.82, 2.24) is 0 Å². The van der Waals surface area contributed by atoms with Crippen LogP contribution in [0.25, 0.3) is 0 Å². The molecule has 0 unspecified atom stereocenters. The Morgan fingerprint density at radius 3 is 2.74 bits per heavy atom. The number of rotatable bonds is 6. The van der Waals surface area contributed by atoms with Gasteiger partial charge in [0, 0.05) is 22.2 Å². The number of carbonyl (C=O) groups is 1. The number of hydrogen-bond acceptors (Lipinski definition) is 5. The number of carbonyl (C=O) groups excluding carboxylic acids is 1. The standard InChI is InChI=1S/C16H16N2O4S/c1-3-22-15-8-7-11(9-14(15)18(20)21)16(19)17-12-5-4-6-13(10-12)23-2/h4-10H,3H2,1-2H3,(H,17,19). The van der Waals surface area contributed by atoms with E-state index in [-0.39, 0.29) is 17.0 Å². The summed E-state index contributed by atoms with van der Waals surface area (Å²) in [6.45, 7) is 2.05. The lowest BCUT2D eigenvalue weighted by Gasteiger charge is -2.08. The minimum atomic E-state index is -0.559. The van der Waals surface area contributed by atoms with Gasteiger partial charge in [0.05, 0.1) is 11.5 Å². The molecule has 120 valence electrons. The highest BCUT2D eigenvalue weighted by atomic mass is 32.2. The van der Waals surface area contributed by atoms with Crippen LogP contribution in [0, 0.1) is 10.1 Å². The monoisotopic (exact) mass is 332 g/mol. The molecule has 0 saturated heterocycles. The number of benzene rings is 2. The Morgan fingerprint density at radius 1 is 1.30 bits per heavy atom. The van der Waals surface area contributed by atoms with E-state index in [0.717, 1.165) is 4.90 Å². The first kappa shape index (κ1) is 16.8. The predicted octanol–water partition coefficient (Wildman–Crippen LogP) is 3.97. The maximum atomic E-state index is 12.3. The van der Waals surface area contributed by atoms with Crippen molar-refractivity contribution in [3.63, 3.8) is 0 Å². The summed E-state index contributed by atoms with van der Waals surface area (Å²) in [7, 11) is 0. The molecule has 0 aromatic heterocycles. The molecule has 0 saturated carbocycles. The third-order valence-corrected chi connectivity index (χ3v) is 3.77. The second-order valence-electron chi connectivity index (χ2n) is 4.56. The van der Waals surface area contributed by atoms with Gasteiger partial charge in [0.1, 0.15) is 0 Å². The molecular weight excluding hydrogens is 316 g/mol. The van der Waals surface area contributed by atoms with Crippen LogP contribution in [0.2, 0.25) is 0 Å². The summed E-state index contributed by atoms with van der Waals surface area (Å²) < 4.78 is 5.21. The second-order valence-corrected chi connectivity index (χ2v) is 5.44. The molecular formula is C16H16N2O4S. The van der Waals surface area contributed by atoms with Gasteiger partial charge in [-0.2, -0.15) is 0 Å². The number of nitrogens with one attached hydrogen (secondary N) is 1. The van der Waals surface area contributed by atoms with Crippen molar-refractivity contribution in [3.05, 3.63) is 58.1 Å². The zero-order chi connectivity index (χ0) is 16.8. The Bertz CT molecular complexity index is 734. The van der Waals surface area contributed by atoms with Crippen LogP contribution in [0.4, 0.5) is 11.4 Å². The lowest BCUT2D eigenvalue weighted by Crippen LogP contribution is -2.12. The van der Waals surface area contributed by atoms with E-state index in [1.165, 1.54) is 18.2 Å². The lowest BCUT2D eigenvalue weighted by molar-refractivity contribution is -0.385. The molecule has 0 bridgehead atoms. The summed E-state index contributed by atoms with van der Waals surface area (Å²) in [6, 6.07) is 11.5. The lowest BCUT2D eigenvalue weighted by atomic mass is 10.1. The van der Waals surface area contributed by atoms with E-state index in [2.05, 4.69) is 5.32 Å². The minimum absolute atomic E-state index is 0.151. The van der Waals surface area contributed by atoms with E-state index in [0.29, 0.717) is 12.3 Å². The van der Waals surface area contributed by atoms with Crippen molar-refractivity contribution >= 4 is 29.0 Å². The highest BCUT2D eigenvalue weighted by Gasteiger charge is 2.18. The van der Waals surface area contributed by atoms with E-state index in [1.807, 2.05) is 24.5 Å². The van der Waals surface area contributed by atoms with Gasteiger partial charge in [-0.3, -0.25) is 14.9 Å². The van der Waals surface area contributed by atoms with Crippen molar-refractivity contribution in [2.75, 3.05) is 18.2 Å². The molecule has 1 amide bonds. The molecule has 2 aromatic carbocycles. The molecule has 0 aliphatic rings. The van der Waals surface area contributed by atoms with Crippen LogP contribution >= 0.6 is 11.8 Å². The number of amides is 1. The Morgan fingerprint density at radius 2 is 2.09 bits per heavy atom. The highest BCUT2D eigenvalue weighted by molar-refractivity contribution is 7.98. The normalized spacial score (nSPS) is 10.2. The molecule has 0 aliphatic heterocycles. The van der Waals surface area contributed by atoms with E-state index in [1.54, 1.807) is 24.8 Å². The number of nitro benzene ring substituents is 1. The van der Waals surface area contributed by atoms with Gasteiger partial charge in [-0.05, 0) is 43.5 Å².